The highest BCUT2D eigenvalue weighted by Crippen LogP contribution is 2.38. The van der Waals surface area contributed by atoms with Gasteiger partial charge in [0.25, 0.3) is 5.56 Å². The molecule has 0 saturated carbocycles. The van der Waals surface area contributed by atoms with Crippen LogP contribution in [-0.4, -0.2) is 29.2 Å². The summed E-state index contributed by atoms with van der Waals surface area (Å²) >= 11 is 6.12. The van der Waals surface area contributed by atoms with E-state index in [1.54, 1.807) is 85.9 Å². The fraction of sp³-hybridized carbons (Fsp3) is 0.111. The Bertz CT molecular complexity index is 1680. The molecule has 7 nitrogen and oxygen atoms in total. The van der Waals surface area contributed by atoms with Gasteiger partial charge in [-0.3, -0.25) is 9.78 Å². The molecule has 0 spiro atoms. The standard InChI is InChI=1S/C27H20ClN5O2/c1-4-19-6-5-7-22(31-19)20-13-26(34)33(3)23-14-30-24(12-21(20)23)27(35,25-15-29-16-32(25)2)17-8-10-18(28)11-9-17/h1,5-16,35H,2-3H3. The fourth-order valence-electron chi connectivity index (χ4n) is 4.25. The Balaban J connectivity index is 1.84. The molecule has 172 valence electrons. The molecule has 0 radical (unpaired) electrons. The zero-order valence-electron chi connectivity index (χ0n) is 19.0. The molecule has 0 bridgehead atoms. The summed E-state index contributed by atoms with van der Waals surface area (Å²) in [6.45, 7) is 0. The lowest BCUT2D eigenvalue weighted by atomic mass is 9.86. The second kappa shape index (κ2) is 8.51. The third-order valence-corrected chi connectivity index (χ3v) is 6.38. The minimum Gasteiger partial charge on any atom is -0.373 e. The van der Waals surface area contributed by atoms with E-state index in [1.807, 2.05) is 0 Å². The highest BCUT2D eigenvalue weighted by atomic mass is 35.5. The summed E-state index contributed by atoms with van der Waals surface area (Å²) in [6.07, 6.45) is 10.3. The number of aliphatic hydroxyl groups is 1. The number of halogens is 1. The maximum atomic E-state index is 12.7. The van der Waals surface area contributed by atoms with Crippen molar-refractivity contribution in [3.63, 3.8) is 0 Å². The number of imidazole rings is 1. The lowest BCUT2D eigenvalue weighted by molar-refractivity contribution is 0.113. The van der Waals surface area contributed by atoms with Crippen molar-refractivity contribution in [2.24, 2.45) is 14.1 Å². The van der Waals surface area contributed by atoms with Gasteiger partial charge in [-0.1, -0.05) is 35.7 Å². The SMILES string of the molecule is C#Cc1cccc(-c2cc(=O)n(C)c3cnc(C(O)(c4ccc(Cl)cc4)c4cncn4C)cc23)n1. The van der Waals surface area contributed by atoms with Crippen molar-refractivity contribution in [1.29, 1.82) is 0 Å². The number of aromatic nitrogens is 5. The third-order valence-electron chi connectivity index (χ3n) is 6.13. The van der Waals surface area contributed by atoms with Crippen molar-refractivity contribution in [2.75, 3.05) is 0 Å². The lowest BCUT2D eigenvalue weighted by Crippen LogP contribution is -2.32. The maximum Gasteiger partial charge on any atom is 0.251 e. The van der Waals surface area contributed by atoms with Gasteiger partial charge in [-0.2, -0.15) is 0 Å². The van der Waals surface area contributed by atoms with Crippen molar-refractivity contribution >= 4 is 22.5 Å². The molecule has 0 saturated heterocycles. The van der Waals surface area contributed by atoms with Crippen LogP contribution < -0.4 is 5.56 Å². The van der Waals surface area contributed by atoms with Crippen LogP contribution in [0.3, 0.4) is 0 Å². The summed E-state index contributed by atoms with van der Waals surface area (Å²) in [5.74, 6) is 2.53. The first-order valence-corrected chi connectivity index (χ1v) is 11.1. The second-order valence-corrected chi connectivity index (χ2v) is 8.64. The largest absolute Gasteiger partial charge is 0.373 e. The van der Waals surface area contributed by atoms with Gasteiger partial charge in [0.1, 0.15) is 5.69 Å². The number of hydrogen-bond acceptors (Lipinski definition) is 5. The zero-order valence-corrected chi connectivity index (χ0v) is 19.7. The number of aryl methyl sites for hydroxylation is 2. The number of fused-ring (bicyclic) bond motifs is 1. The molecule has 5 aromatic rings. The Morgan fingerprint density at radius 1 is 1.09 bits per heavy atom. The smallest absolute Gasteiger partial charge is 0.251 e. The third kappa shape index (κ3) is 3.69. The summed E-state index contributed by atoms with van der Waals surface area (Å²) in [7, 11) is 3.47. The second-order valence-electron chi connectivity index (χ2n) is 8.20. The molecule has 1 unspecified atom stereocenters. The van der Waals surface area contributed by atoms with Gasteiger partial charge >= 0.3 is 0 Å². The zero-order chi connectivity index (χ0) is 24.7. The van der Waals surface area contributed by atoms with Gasteiger partial charge in [0, 0.05) is 36.1 Å². The number of rotatable bonds is 4. The van der Waals surface area contributed by atoms with Crippen LogP contribution in [0.4, 0.5) is 0 Å². The van der Waals surface area contributed by atoms with E-state index in [0.29, 0.717) is 49.8 Å². The van der Waals surface area contributed by atoms with Gasteiger partial charge in [0.2, 0.25) is 0 Å². The first kappa shape index (κ1) is 22.5. The molecule has 4 aromatic heterocycles. The van der Waals surface area contributed by atoms with Gasteiger partial charge in [0.05, 0.1) is 41.3 Å². The average Bonchev–Trinajstić information content (AvgIpc) is 3.32. The van der Waals surface area contributed by atoms with Gasteiger partial charge in [-0.05, 0) is 35.9 Å². The summed E-state index contributed by atoms with van der Waals surface area (Å²) in [5.41, 5.74) is 1.76. The number of benzene rings is 1. The molecule has 8 heteroatoms. The molecule has 1 N–H and O–H groups in total. The molecule has 0 aliphatic heterocycles. The summed E-state index contributed by atoms with van der Waals surface area (Å²) in [4.78, 5) is 26.1. The lowest BCUT2D eigenvalue weighted by Gasteiger charge is -2.29. The van der Waals surface area contributed by atoms with Crippen LogP contribution in [0, 0.1) is 12.3 Å². The summed E-state index contributed by atoms with van der Waals surface area (Å²) < 4.78 is 3.24. The normalized spacial score (nSPS) is 12.9. The fourth-order valence-corrected chi connectivity index (χ4v) is 4.37. The Kier molecular flexibility index (Phi) is 5.48. The van der Waals surface area contributed by atoms with Crippen LogP contribution in [-0.2, 0) is 19.7 Å². The number of hydrogen-bond donors (Lipinski definition) is 1. The van der Waals surface area contributed by atoms with Gasteiger partial charge in [0.15, 0.2) is 5.60 Å². The van der Waals surface area contributed by atoms with Gasteiger partial charge < -0.3 is 14.2 Å². The Labute approximate surface area is 206 Å². The summed E-state index contributed by atoms with van der Waals surface area (Å²) in [5, 5.41) is 13.5. The van der Waals surface area contributed by atoms with E-state index in [1.165, 1.54) is 10.6 Å². The van der Waals surface area contributed by atoms with E-state index < -0.39 is 5.60 Å². The Morgan fingerprint density at radius 3 is 2.54 bits per heavy atom. The topological polar surface area (TPSA) is 85.8 Å². The predicted molar refractivity (Wildman–Crippen MR) is 135 cm³/mol. The first-order valence-electron chi connectivity index (χ1n) is 10.7. The molecular weight excluding hydrogens is 462 g/mol. The summed E-state index contributed by atoms with van der Waals surface area (Å²) in [6, 6.07) is 15.5. The molecule has 35 heavy (non-hydrogen) atoms. The number of terminal acetylenes is 1. The van der Waals surface area contributed by atoms with Gasteiger partial charge in [-0.15, -0.1) is 6.42 Å². The Morgan fingerprint density at radius 2 is 1.86 bits per heavy atom. The van der Waals surface area contributed by atoms with Crippen LogP contribution in [0.2, 0.25) is 5.02 Å². The number of pyridine rings is 3. The van der Waals surface area contributed by atoms with E-state index in [0.717, 1.165) is 0 Å². The van der Waals surface area contributed by atoms with Crippen LogP contribution in [0.15, 0.2) is 78.1 Å². The van der Waals surface area contributed by atoms with Crippen molar-refractivity contribution < 1.29 is 5.11 Å². The first-order chi connectivity index (χ1) is 16.8. The Hall–Kier alpha value is -4.25. The minimum atomic E-state index is -1.65. The highest BCUT2D eigenvalue weighted by Gasteiger charge is 2.38. The molecule has 1 atom stereocenters. The average molecular weight is 482 g/mol. The predicted octanol–water partition coefficient (Wildman–Crippen LogP) is 3.65. The molecule has 5 rings (SSSR count). The molecule has 0 amide bonds. The quantitative estimate of drug-likeness (QED) is 0.396. The van der Waals surface area contributed by atoms with E-state index in [9.17, 15) is 9.90 Å². The van der Waals surface area contributed by atoms with E-state index in [4.69, 9.17) is 18.0 Å². The molecule has 4 heterocycles. The van der Waals surface area contributed by atoms with Crippen molar-refractivity contribution in [2.45, 2.75) is 5.60 Å². The van der Waals surface area contributed by atoms with E-state index in [-0.39, 0.29) is 5.56 Å². The minimum absolute atomic E-state index is 0.213. The number of nitrogens with zero attached hydrogens (tertiary/aromatic N) is 5. The van der Waals surface area contributed by atoms with Crippen LogP contribution >= 0.6 is 11.6 Å². The van der Waals surface area contributed by atoms with Crippen LogP contribution in [0.5, 0.6) is 0 Å². The maximum absolute atomic E-state index is 12.7. The molecule has 0 fully saturated rings. The van der Waals surface area contributed by atoms with Crippen molar-refractivity contribution in [3.8, 4) is 23.6 Å². The monoisotopic (exact) mass is 481 g/mol. The molecular formula is C27H20ClN5O2. The van der Waals surface area contributed by atoms with E-state index >= 15 is 0 Å². The van der Waals surface area contributed by atoms with Crippen LogP contribution in [0.1, 0.15) is 22.6 Å². The molecule has 0 aliphatic rings. The molecule has 1 aromatic carbocycles. The van der Waals surface area contributed by atoms with E-state index in [2.05, 4.69) is 20.9 Å². The van der Waals surface area contributed by atoms with Crippen molar-refractivity contribution in [3.05, 3.63) is 111 Å². The van der Waals surface area contributed by atoms with Crippen molar-refractivity contribution in [1.82, 2.24) is 24.1 Å². The highest BCUT2D eigenvalue weighted by molar-refractivity contribution is 6.30. The molecule has 0 aliphatic carbocycles. The van der Waals surface area contributed by atoms with Gasteiger partial charge in [-0.25, -0.2) is 9.97 Å². The van der Waals surface area contributed by atoms with Crippen LogP contribution in [0.25, 0.3) is 22.2 Å².